The van der Waals surface area contributed by atoms with E-state index in [9.17, 15) is 10.1 Å². The van der Waals surface area contributed by atoms with E-state index in [2.05, 4.69) is 4.99 Å². The number of rotatable bonds is 7. The predicted molar refractivity (Wildman–Crippen MR) is 93.0 cm³/mol. The molecular formula is C17H18N2O6. The van der Waals surface area contributed by atoms with Crippen LogP contribution in [-0.4, -0.2) is 39.6 Å². The zero-order valence-electron chi connectivity index (χ0n) is 14.3. The largest absolute Gasteiger partial charge is 0.493 e. The second-order valence-corrected chi connectivity index (χ2v) is 4.83. The molecule has 0 aliphatic heterocycles. The molecule has 0 bridgehead atoms. The molecule has 0 saturated heterocycles. The Kier molecular flexibility index (Phi) is 5.78. The van der Waals surface area contributed by atoms with Gasteiger partial charge in [0.25, 0.3) is 0 Å². The number of hydrogen-bond acceptors (Lipinski definition) is 7. The number of nitro benzene ring substituents is 1. The summed E-state index contributed by atoms with van der Waals surface area (Å²) in [5.74, 6) is 1.59. The third-order valence-electron chi connectivity index (χ3n) is 3.41. The molecule has 2 aromatic rings. The van der Waals surface area contributed by atoms with Crippen LogP contribution >= 0.6 is 0 Å². The fourth-order valence-electron chi connectivity index (χ4n) is 2.22. The Morgan fingerprint density at radius 1 is 0.920 bits per heavy atom. The summed E-state index contributed by atoms with van der Waals surface area (Å²) in [6, 6.07) is 7.94. The molecule has 0 atom stereocenters. The molecule has 0 saturated carbocycles. The molecule has 2 aromatic carbocycles. The van der Waals surface area contributed by atoms with E-state index >= 15 is 0 Å². The molecule has 0 N–H and O–H groups in total. The van der Waals surface area contributed by atoms with E-state index in [-0.39, 0.29) is 11.4 Å². The minimum absolute atomic E-state index is 0.128. The van der Waals surface area contributed by atoms with Gasteiger partial charge in [-0.05, 0) is 17.7 Å². The first-order chi connectivity index (χ1) is 12.0. The van der Waals surface area contributed by atoms with Crippen molar-refractivity contribution >= 4 is 17.6 Å². The number of aliphatic imine (C=N–C) groups is 1. The van der Waals surface area contributed by atoms with E-state index in [1.54, 1.807) is 18.2 Å². The zero-order valence-corrected chi connectivity index (χ0v) is 14.3. The van der Waals surface area contributed by atoms with E-state index in [4.69, 9.17) is 18.9 Å². The Labute approximate surface area is 144 Å². The average molecular weight is 346 g/mol. The van der Waals surface area contributed by atoms with Gasteiger partial charge in [0.1, 0.15) is 0 Å². The van der Waals surface area contributed by atoms with Crippen molar-refractivity contribution in [2.24, 2.45) is 4.99 Å². The highest BCUT2D eigenvalue weighted by atomic mass is 16.6. The summed E-state index contributed by atoms with van der Waals surface area (Å²) in [7, 11) is 5.92. The van der Waals surface area contributed by atoms with Crippen LogP contribution in [0.3, 0.4) is 0 Å². The molecule has 0 fully saturated rings. The summed E-state index contributed by atoms with van der Waals surface area (Å²) in [6.45, 7) is 0. The normalized spacial score (nSPS) is 10.6. The highest BCUT2D eigenvalue weighted by Gasteiger charge is 2.15. The SMILES string of the molecule is COc1ccc(C=Nc2cc(OC)c(OC)c(OC)c2)cc1[N+](=O)[O-]. The quantitative estimate of drug-likeness (QED) is 0.433. The van der Waals surface area contributed by atoms with Crippen LogP contribution in [0.4, 0.5) is 11.4 Å². The minimum atomic E-state index is -0.504. The summed E-state index contributed by atoms with van der Waals surface area (Å²) in [4.78, 5) is 14.9. The van der Waals surface area contributed by atoms with E-state index in [1.165, 1.54) is 46.8 Å². The van der Waals surface area contributed by atoms with Crippen LogP contribution in [0.2, 0.25) is 0 Å². The number of nitro groups is 1. The molecule has 0 unspecified atom stereocenters. The first-order valence-electron chi connectivity index (χ1n) is 7.20. The molecule has 0 heterocycles. The maximum atomic E-state index is 11.1. The van der Waals surface area contributed by atoms with Crippen LogP contribution in [0.5, 0.6) is 23.0 Å². The van der Waals surface area contributed by atoms with Crippen LogP contribution in [0.15, 0.2) is 35.3 Å². The molecule has 2 rings (SSSR count). The number of methoxy groups -OCH3 is 4. The Morgan fingerprint density at radius 3 is 2.00 bits per heavy atom. The minimum Gasteiger partial charge on any atom is -0.493 e. The molecular weight excluding hydrogens is 328 g/mol. The van der Waals surface area contributed by atoms with Crippen LogP contribution in [0.1, 0.15) is 5.56 Å². The Bertz CT molecular complexity index is 779. The summed E-state index contributed by atoms with van der Waals surface area (Å²) >= 11 is 0. The van der Waals surface area contributed by atoms with Gasteiger partial charge < -0.3 is 18.9 Å². The smallest absolute Gasteiger partial charge is 0.311 e. The molecule has 0 aliphatic carbocycles. The van der Waals surface area contributed by atoms with Gasteiger partial charge in [-0.3, -0.25) is 15.1 Å². The Balaban J connectivity index is 2.39. The highest BCUT2D eigenvalue weighted by molar-refractivity contribution is 5.84. The van der Waals surface area contributed by atoms with Crippen molar-refractivity contribution in [1.82, 2.24) is 0 Å². The first-order valence-corrected chi connectivity index (χ1v) is 7.20. The van der Waals surface area contributed by atoms with Crippen molar-refractivity contribution < 1.29 is 23.9 Å². The zero-order chi connectivity index (χ0) is 18.4. The van der Waals surface area contributed by atoms with Gasteiger partial charge in [-0.1, -0.05) is 0 Å². The predicted octanol–water partition coefficient (Wildman–Crippen LogP) is 3.38. The second kappa shape index (κ2) is 8.00. The fraction of sp³-hybridized carbons (Fsp3) is 0.235. The van der Waals surface area contributed by atoms with E-state index in [1.807, 2.05) is 0 Å². The molecule has 0 spiro atoms. The Morgan fingerprint density at radius 2 is 1.52 bits per heavy atom. The van der Waals surface area contributed by atoms with Gasteiger partial charge in [-0.25, -0.2) is 0 Å². The molecule has 8 heteroatoms. The van der Waals surface area contributed by atoms with Crippen LogP contribution < -0.4 is 18.9 Å². The topological polar surface area (TPSA) is 92.4 Å². The van der Waals surface area contributed by atoms with E-state index < -0.39 is 4.92 Å². The third-order valence-corrected chi connectivity index (χ3v) is 3.41. The first kappa shape index (κ1) is 18.1. The number of hydrogen-bond donors (Lipinski definition) is 0. The van der Waals surface area contributed by atoms with Crippen molar-refractivity contribution in [1.29, 1.82) is 0 Å². The van der Waals surface area contributed by atoms with Crippen molar-refractivity contribution in [3.8, 4) is 23.0 Å². The van der Waals surface area contributed by atoms with Gasteiger partial charge in [0.2, 0.25) is 5.75 Å². The standard InChI is InChI=1S/C17H18N2O6/c1-22-14-6-5-11(7-13(14)19(20)21)10-18-12-8-15(23-2)17(25-4)16(9-12)24-3/h5-10H,1-4H3. The molecule has 0 aliphatic rings. The van der Waals surface area contributed by atoms with Crippen molar-refractivity contribution in [3.63, 3.8) is 0 Å². The highest BCUT2D eigenvalue weighted by Crippen LogP contribution is 2.40. The molecule has 8 nitrogen and oxygen atoms in total. The average Bonchev–Trinajstić information content (AvgIpc) is 2.64. The summed E-state index contributed by atoms with van der Waals surface area (Å²) < 4.78 is 20.8. The molecule has 25 heavy (non-hydrogen) atoms. The van der Waals surface area contributed by atoms with Crippen LogP contribution in [0, 0.1) is 10.1 Å². The van der Waals surface area contributed by atoms with Gasteiger partial charge in [-0.2, -0.15) is 0 Å². The monoisotopic (exact) mass is 346 g/mol. The summed E-state index contributed by atoms with van der Waals surface area (Å²) in [5, 5.41) is 11.1. The lowest BCUT2D eigenvalue weighted by Gasteiger charge is -2.12. The van der Waals surface area contributed by atoms with Crippen LogP contribution in [0.25, 0.3) is 0 Å². The summed E-state index contributed by atoms with van der Waals surface area (Å²) in [5.41, 5.74) is 0.977. The van der Waals surface area contributed by atoms with Crippen molar-refractivity contribution in [2.45, 2.75) is 0 Å². The summed E-state index contributed by atoms with van der Waals surface area (Å²) in [6.07, 6.45) is 1.51. The van der Waals surface area contributed by atoms with Crippen LogP contribution in [-0.2, 0) is 0 Å². The van der Waals surface area contributed by atoms with Gasteiger partial charge in [0, 0.05) is 24.4 Å². The third kappa shape index (κ3) is 3.97. The maximum absolute atomic E-state index is 11.1. The van der Waals surface area contributed by atoms with Gasteiger partial charge >= 0.3 is 5.69 Å². The lowest BCUT2D eigenvalue weighted by atomic mass is 10.2. The van der Waals surface area contributed by atoms with Gasteiger partial charge in [0.05, 0.1) is 39.0 Å². The van der Waals surface area contributed by atoms with Crippen molar-refractivity contribution in [2.75, 3.05) is 28.4 Å². The molecule has 132 valence electrons. The number of ether oxygens (including phenoxy) is 4. The Hall–Kier alpha value is -3.29. The van der Waals surface area contributed by atoms with E-state index in [0.29, 0.717) is 28.5 Å². The van der Waals surface area contributed by atoms with Gasteiger partial charge in [-0.15, -0.1) is 0 Å². The number of benzene rings is 2. The lowest BCUT2D eigenvalue weighted by Crippen LogP contribution is -1.95. The fourth-order valence-corrected chi connectivity index (χ4v) is 2.22. The lowest BCUT2D eigenvalue weighted by molar-refractivity contribution is -0.385. The molecule has 0 aromatic heterocycles. The number of nitrogens with zero attached hydrogens (tertiary/aromatic N) is 2. The molecule has 0 amide bonds. The maximum Gasteiger partial charge on any atom is 0.311 e. The van der Waals surface area contributed by atoms with Crippen molar-refractivity contribution in [3.05, 3.63) is 46.0 Å². The van der Waals surface area contributed by atoms with Gasteiger partial charge in [0.15, 0.2) is 17.2 Å². The van der Waals surface area contributed by atoms with E-state index in [0.717, 1.165) is 0 Å². The second-order valence-electron chi connectivity index (χ2n) is 4.83. The molecule has 0 radical (unpaired) electrons.